The van der Waals surface area contributed by atoms with E-state index >= 15 is 0 Å². The Morgan fingerprint density at radius 2 is 1.00 bits per heavy atom. The maximum absolute atomic E-state index is 6.66. The summed E-state index contributed by atoms with van der Waals surface area (Å²) >= 11 is 0. The van der Waals surface area contributed by atoms with Gasteiger partial charge in [0.05, 0.1) is 38.8 Å². The molecular formula is C60H36N6OPt-2. The van der Waals surface area contributed by atoms with Gasteiger partial charge in [-0.2, -0.15) is 18.2 Å². The molecule has 7 nitrogen and oxygen atoms in total. The minimum atomic E-state index is 0. The van der Waals surface area contributed by atoms with E-state index in [1.54, 1.807) is 0 Å². The summed E-state index contributed by atoms with van der Waals surface area (Å²) in [7, 11) is 0. The monoisotopic (exact) mass is 1050 g/mol. The summed E-state index contributed by atoms with van der Waals surface area (Å²) < 4.78 is 18.0. The third-order valence-corrected chi connectivity index (χ3v) is 13.1. The van der Waals surface area contributed by atoms with Crippen LogP contribution in [-0.2, 0) is 21.1 Å². The molecule has 0 N–H and O–H groups in total. The van der Waals surface area contributed by atoms with E-state index in [0.717, 1.165) is 88.9 Å². The summed E-state index contributed by atoms with van der Waals surface area (Å²) in [5.41, 5.74) is 12.3. The second-order valence-corrected chi connectivity index (χ2v) is 16.8. The molecule has 0 unspecified atom stereocenters. The zero-order valence-corrected chi connectivity index (χ0v) is 38.5. The Hall–Kier alpha value is -8.51. The quantitative estimate of drug-likeness (QED) is 0.118. The van der Waals surface area contributed by atoms with E-state index in [2.05, 4.69) is 217 Å². The predicted molar refractivity (Wildman–Crippen MR) is 269 cm³/mol. The minimum Gasteiger partial charge on any atom is -0.510 e. The van der Waals surface area contributed by atoms with Gasteiger partial charge in [0.15, 0.2) is 0 Å². The van der Waals surface area contributed by atoms with Gasteiger partial charge in [0.2, 0.25) is 0 Å². The van der Waals surface area contributed by atoms with Crippen molar-refractivity contribution in [2.75, 3.05) is 0 Å². The van der Waals surface area contributed by atoms with Gasteiger partial charge in [-0.25, -0.2) is 4.98 Å². The van der Waals surface area contributed by atoms with Crippen molar-refractivity contribution >= 4 is 76.5 Å². The van der Waals surface area contributed by atoms with E-state index in [1.807, 2.05) is 42.6 Å². The molecule has 68 heavy (non-hydrogen) atoms. The number of nitrogens with zero attached hydrogens (tertiary/aromatic N) is 6. The Kier molecular flexibility index (Phi) is 9.27. The average molecular weight is 1050 g/mol. The molecule has 0 saturated heterocycles. The molecule has 5 aromatic heterocycles. The molecule has 324 valence electrons. The van der Waals surface area contributed by atoms with Gasteiger partial charge >= 0.3 is 0 Å². The van der Waals surface area contributed by atoms with E-state index in [9.17, 15) is 0 Å². The van der Waals surface area contributed by atoms with Gasteiger partial charge in [0, 0.05) is 71.5 Å². The van der Waals surface area contributed by atoms with E-state index in [0.29, 0.717) is 11.5 Å². The molecule has 0 amide bonds. The van der Waals surface area contributed by atoms with E-state index in [-0.39, 0.29) is 21.1 Å². The van der Waals surface area contributed by atoms with Crippen LogP contribution in [0.15, 0.2) is 219 Å². The number of benzene rings is 9. The molecule has 0 bridgehead atoms. The van der Waals surface area contributed by atoms with Crippen molar-refractivity contribution in [1.29, 1.82) is 0 Å². The standard InChI is InChI=1S/C60H36N6O.Pt/c1-2-17-40(18-3-1)64-50-25-8-7-24-47(50)49-34-35-56(65-51-26-9-4-21-44(51)45-22-5-10-27-52(45)65)60(59(49)64)63-39-62(54-29-12-13-30-55(54)63)41-19-16-20-42(37-41)67-43-32-33-48-46-23-6-11-28-53(46)66(57(48)38-43)58-31-14-15-36-61-58;/h1-36H;/q-2;. The van der Waals surface area contributed by atoms with Crippen molar-refractivity contribution in [1.82, 2.24) is 23.3 Å². The van der Waals surface area contributed by atoms with Gasteiger partial charge in [-0.15, -0.1) is 29.7 Å². The molecule has 0 aliphatic heterocycles. The van der Waals surface area contributed by atoms with Crippen LogP contribution < -0.4 is 9.30 Å². The zero-order chi connectivity index (χ0) is 44.0. The van der Waals surface area contributed by atoms with Gasteiger partial charge < -0.3 is 23.0 Å². The second kappa shape index (κ2) is 15.8. The van der Waals surface area contributed by atoms with Crippen molar-refractivity contribution in [3.05, 3.63) is 237 Å². The third kappa shape index (κ3) is 6.03. The Morgan fingerprint density at radius 3 is 1.71 bits per heavy atom. The number of pyridine rings is 1. The minimum absolute atomic E-state index is 0. The molecule has 9 aromatic carbocycles. The molecule has 0 fully saturated rings. The molecule has 0 aliphatic carbocycles. The number of hydrogen-bond acceptors (Lipinski definition) is 2. The maximum Gasteiger partial charge on any atom is 0.268 e. The van der Waals surface area contributed by atoms with Gasteiger partial charge in [-0.05, 0) is 65.7 Å². The third-order valence-electron chi connectivity index (χ3n) is 13.1. The number of rotatable bonds is 7. The summed E-state index contributed by atoms with van der Waals surface area (Å²) in [5.74, 6) is 1.96. The normalized spacial score (nSPS) is 11.7. The summed E-state index contributed by atoms with van der Waals surface area (Å²) in [6, 6.07) is 81.5. The topological polar surface area (TPSA) is 45.7 Å². The molecule has 0 spiro atoms. The maximum atomic E-state index is 6.66. The van der Waals surface area contributed by atoms with Crippen LogP contribution in [0.25, 0.3) is 105 Å². The van der Waals surface area contributed by atoms with Crippen LogP contribution in [0.2, 0.25) is 0 Å². The number of hydrogen-bond donors (Lipinski definition) is 0. The Labute approximate surface area is 404 Å². The van der Waals surface area contributed by atoms with Crippen LogP contribution in [-0.4, -0.2) is 23.3 Å². The van der Waals surface area contributed by atoms with Crippen LogP contribution in [0, 0.1) is 18.5 Å². The fourth-order valence-corrected chi connectivity index (χ4v) is 10.3. The molecule has 0 saturated carbocycles. The van der Waals surface area contributed by atoms with E-state index in [1.165, 1.54) is 16.2 Å². The smallest absolute Gasteiger partial charge is 0.268 e. The molecule has 0 atom stereocenters. The first kappa shape index (κ1) is 39.8. The summed E-state index contributed by atoms with van der Waals surface area (Å²) in [4.78, 5) is 4.71. The first-order valence-electron chi connectivity index (χ1n) is 22.4. The first-order valence-corrected chi connectivity index (χ1v) is 22.4. The fourth-order valence-electron chi connectivity index (χ4n) is 10.3. The van der Waals surface area contributed by atoms with Gasteiger partial charge in [-0.1, -0.05) is 133 Å². The van der Waals surface area contributed by atoms with Crippen molar-refractivity contribution in [3.8, 4) is 40.1 Å². The second-order valence-electron chi connectivity index (χ2n) is 16.8. The number of fused-ring (bicyclic) bond motifs is 10. The van der Waals surface area contributed by atoms with Crippen LogP contribution in [0.1, 0.15) is 0 Å². The number of para-hydroxylation sites is 7. The summed E-state index contributed by atoms with van der Waals surface area (Å²) in [6.45, 7) is 0. The van der Waals surface area contributed by atoms with Gasteiger partial charge in [0.25, 0.3) is 6.33 Å². The zero-order valence-electron chi connectivity index (χ0n) is 36.2. The van der Waals surface area contributed by atoms with Crippen molar-refractivity contribution in [2.45, 2.75) is 0 Å². The summed E-state index contributed by atoms with van der Waals surface area (Å²) in [5, 5.41) is 6.92. The van der Waals surface area contributed by atoms with Crippen LogP contribution in [0.5, 0.6) is 11.5 Å². The van der Waals surface area contributed by atoms with Crippen molar-refractivity contribution < 1.29 is 30.4 Å². The molecule has 5 heterocycles. The van der Waals surface area contributed by atoms with Crippen molar-refractivity contribution in [3.63, 3.8) is 0 Å². The number of aromatic nitrogens is 6. The van der Waals surface area contributed by atoms with E-state index in [4.69, 9.17) is 9.72 Å². The Bertz CT molecular complexity index is 4210. The molecule has 0 aliphatic rings. The van der Waals surface area contributed by atoms with E-state index < -0.39 is 0 Å². The molecule has 14 aromatic rings. The number of imidazole rings is 1. The molecule has 8 heteroatoms. The fraction of sp³-hybridized carbons (Fsp3) is 0. The Balaban J connectivity index is 0.00000457. The van der Waals surface area contributed by atoms with Crippen molar-refractivity contribution in [2.24, 2.45) is 0 Å². The molecular weight excluding hydrogens is 1020 g/mol. The molecule has 14 rings (SSSR count). The number of ether oxygens (including phenoxy) is 1. The average Bonchev–Trinajstić information content (AvgIpc) is 4.13. The van der Waals surface area contributed by atoms with Gasteiger partial charge in [-0.3, -0.25) is 4.57 Å². The molecule has 0 radical (unpaired) electrons. The largest absolute Gasteiger partial charge is 0.510 e. The van der Waals surface area contributed by atoms with Crippen LogP contribution in [0.4, 0.5) is 0 Å². The van der Waals surface area contributed by atoms with Crippen LogP contribution >= 0.6 is 0 Å². The van der Waals surface area contributed by atoms with Gasteiger partial charge in [0.1, 0.15) is 11.5 Å². The summed E-state index contributed by atoms with van der Waals surface area (Å²) in [6.07, 6.45) is 5.71. The SMILES string of the molecule is [Pt].[c-]1c(Oc2[c-]c3c(cc2)c2ccccc2n3-c2ccccn2)cccc1-n1[c-][n+](-c2c(-n3c4ccccc4c4ccccc43)ccc3c4ccccc4n(-c4ccccc4)c23)c2ccccc21. The van der Waals surface area contributed by atoms with Crippen LogP contribution in [0.3, 0.4) is 0 Å². The first-order chi connectivity index (χ1) is 33.3. The predicted octanol–water partition coefficient (Wildman–Crippen LogP) is 13.8. The Morgan fingerprint density at radius 1 is 0.426 bits per heavy atom.